The molecule has 2 rings (SSSR count). The van der Waals surface area contributed by atoms with Crippen molar-refractivity contribution in [3.63, 3.8) is 0 Å². The van der Waals surface area contributed by atoms with E-state index in [4.69, 9.17) is 9.47 Å². The summed E-state index contributed by atoms with van der Waals surface area (Å²) in [7, 11) is 0. The molecule has 0 fully saturated rings. The van der Waals surface area contributed by atoms with Crippen LogP contribution in [0.3, 0.4) is 0 Å². The molecular formula is C26H34O4. The van der Waals surface area contributed by atoms with Crippen molar-refractivity contribution in [1.29, 1.82) is 0 Å². The van der Waals surface area contributed by atoms with Gasteiger partial charge in [-0.2, -0.15) is 0 Å². The van der Waals surface area contributed by atoms with E-state index < -0.39 is 0 Å². The first-order valence-corrected chi connectivity index (χ1v) is 10.9. The Morgan fingerprint density at radius 1 is 0.667 bits per heavy atom. The highest BCUT2D eigenvalue weighted by atomic mass is 16.5. The number of hydrogen-bond donors (Lipinski definition) is 0. The summed E-state index contributed by atoms with van der Waals surface area (Å²) in [6.45, 7) is 9.10. The Bertz CT molecular complexity index is 723. The highest BCUT2D eigenvalue weighted by molar-refractivity contribution is 5.89. The average Bonchev–Trinajstić information content (AvgIpc) is 2.79. The highest BCUT2D eigenvalue weighted by Crippen LogP contribution is 2.15. The fourth-order valence-corrected chi connectivity index (χ4v) is 3.09. The van der Waals surface area contributed by atoms with Crippen molar-refractivity contribution in [1.82, 2.24) is 0 Å². The Hall–Kier alpha value is -2.62. The van der Waals surface area contributed by atoms with E-state index >= 15 is 0 Å². The average molecular weight is 411 g/mol. The Morgan fingerprint density at radius 2 is 1.00 bits per heavy atom. The van der Waals surface area contributed by atoms with Crippen LogP contribution >= 0.6 is 0 Å². The largest absolute Gasteiger partial charge is 0.462 e. The summed E-state index contributed by atoms with van der Waals surface area (Å²) in [5.41, 5.74) is 3.58. The van der Waals surface area contributed by atoms with Gasteiger partial charge >= 0.3 is 11.9 Å². The molecule has 0 aliphatic rings. The van der Waals surface area contributed by atoms with E-state index in [2.05, 4.69) is 27.7 Å². The summed E-state index contributed by atoms with van der Waals surface area (Å²) in [5, 5.41) is 0. The Balaban J connectivity index is 1.66. The maximum atomic E-state index is 12.2. The smallest absolute Gasteiger partial charge is 0.338 e. The van der Waals surface area contributed by atoms with Crippen molar-refractivity contribution < 1.29 is 19.1 Å². The van der Waals surface area contributed by atoms with E-state index in [1.165, 1.54) is 11.1 Å². The molecule has 0 saturated heterocycles. The van der Waals surface area contributed by atoms with E-state index in [1.807, 2.05) is 48.5 Å². The fourth-order valence-electron chi connectivity index (χ4n) is 3.09. The van der Waals surface area contributed by atoms with Gasteiger partial charge in [-0.05, 0) is 72.9 Å². The third-order valence-corrected chi connectivity index (χ3v) is 5.35. The maximum absolute atomic E-state index is 12.2. The highest BCUT2D eigenvalue weighted by Gasteiger charge is 2.13. The summed E-state index contributed by atoms with van der Waals surface area (Å²) in [6.07, 6.45) is 3.72. The molecule has 2 unspecified atom stereocenters. The van der Waals surface area contributed by atoms with Gasteiger partial charge in [-0.25, -0.2) is 9.59 Å². The van der Waals surface area contributed by atoms with Crippen molar-refractivity contribution in [3.8, 4) is 0 Å². The van der Waals surface area contributed by atoms with Crippen molar-refractivity contribution in [2.75, 3.05) is 13.2 Å². The van der Waals surface area contributed by atoms with Crippen LogP contribution in [0.2, 0.25) is 0 Å². The van der Waals surface area contributed by atoms with Crippen LogP contribution in [-0.4, -0.2) is 25.2 Å². The Labute approximate surface area is 180 Å². The van der Waals surface area contributed by atoms with Gasteiger partial charge in [-0.15, -0.1) is 0 Å². The molecule has 0 spiro atoms. The second-order valence-electron chi connectivity index (χ2n) is 8.09. The van der Waals surface area contributed by atoms with Gasteiger partial charge in [-0.3, -0.25) is 0 Å². The second-order valence-corrected chi connectivity index (χ2v) is 8.09. The number of esters is 2. The lowest BCUT2D eigenvalue weighted by atomic mass is 9.99. The van der Waals surface area contributed by atoms with Gasteiger partial charge in [0.05, 0.1) is 24.3 Å². The molecule has 2 atom stereocenters. The first-order chi connectivity index (χ1) is 14.4. The SMILES string of the molecule is CCc1ccc(C(=O)OCC(C)CCC(C)COC(=O)c2ccc(CC)cc2)cc1. The van der Waals surface area contributed by atoms with Gasteiger partial charge in [0.15, 0.2) is 0 Å². The molecule has 0 amide bonds. The Morgan fingerprint density at radius 3 is 1.30 bits per heavy atom. The molecule has 2 aromatic carbocycles. The molecule has 0 radical (unpaired) electrons. The molecular weight excluding hydrogens is 376 g/mol. The maximum Gasteiger partial charge on any atom is 0.338 e. The molecule has 0 bridgehead atoms. The van der Waals surface area contributed by atoms with E-state index in [-0.39, 0.29) is 23.8 Å². The van der Waals surface area contributed by atoms with E-state index in [0.29, 0.717) is 24.3 Å². The van der Waals surface area contributed by atoms with Crippen LogP contribution in [0.4, 0.5) is 0 Å². The van der Waals surface area contributed by atoms with Gasteiger partial charge in [-0.1, -0.05) is 52.0 Å². The van der Waals surface area contributed by atoms with Crippen LogP contribution in [0.25, 0.3) is 0 Å². The fraction of sp³-hybridized carbons (Fsp3) is 0.462. The monoisotopic (exact) mass is 410 g/mol. The zero-order valence-corrected chi connectivity index (χ0v) is 18.6. The number of carbonyl (C=O) groups is 2. The molecule has 4 nitrogen and oxygen atoms in total. The van der Waals surface area contributed by atoms with Crippen molar-refractivity contribution in [3.05, 3.63) is 70.8 Å². The number of benzene rings is 2. The molecule has 0 N–H and O–H groups in total. The number of ether oxygens (including phenoxy) is 2. The minimum Gasteiger partial charge on any atom is -0.462 e. The van der Waals surface area contributed by atoms with Crippen LogP contribution in [0.1, 0.15) is 72.4 Å². The minimum absolute atomic E-state index is 0.253. The topological polar surface area (TPSA) is 52.6 Å². The first kappa shape index (κ1) is 23.7. The van der Waals surface area contributed by atoms with Crippen molar-refractivity contribution in [2.45, 2.75) is 53.4 Å². The molecule has 0 heterocycles. The zero-order valence-electron chi connectivity index (χ0n) is 18.6. The van der Waals surface area contributed by atoms with Gasteiger partial charge < -0.3 is 9.47 Å². The summed E-state index contributed by atoms with van der Waals surface area (Å²) >= 11 is 0. The van der Waals surface area contributed by atoms with Gasteiger partial charge in [0.25, 0.3) is 0 Å². The number of rotatable bonds is 11. The Kier molecular flexibility index (Phi) is 9.59. The molecule has 0 aliphatic heterocycles. The van der Waals surface area contributed by atoms with Crippen molar-refractivity contribution in [2.24, 2.45) is 11.8 Å². The standard InChI is InChI=1S/C26H34O4/c1-5-21-9-13-23(14-10-21)25(27)29-17-19(3)7-8-20(4)18-30-26(28)24-15-11-22(6-2)12-16-24/h9-16,19-20H,5-8,17-18H2,1-4H3. The number of carbonyl (C=O) groups excluding carboxylic acids is 2. The van der Waals surface area contributed by atoms with Crippen LogP contribution in [0, 0.1) is 11.8 Å². The predicted molar refractivity (Wildman–Crippen MR) is 120 cm³/mol. The molecule has 30 heavy (non-hydrogen) atoms. The van der Waals surface area contributed by atoms with Gasteiger partial charge in [0.1, 0.15) is 0 Å². The lowest BCUT2D eigenvalue weighted by Gasteiger charge is -2.16. The van der Waals surface area contributed by atoms with Crippen LogP contribution in [0.15, 0.2) is 48.5 Å². The first-order valence-electron chi connectivity index (χ1n) is 10.9. The van der Waals surface area contributed by atoms with Crippen LogP contribution < -0.4 is 0 Å². The summed E-state index contributed by atoms with van der Waals surface area (Å²) < 4.78 is 10.9. The second kappa shape index (κ2) is 12.2. The molecule has 0 aliphatic carbocycles. The lowest BCUT2D eigenvalue weighted by Crippen LogP contribution is -2.15. The number of hydrogen-bond acceptors (Lipinski definition) is 4. The van der Waals surface area contributed by atoms with E-state index in [0.717, 1.165) is 25.7 Å². The summed E-state index contributed by atoms with van der Waals surface area (Å²) in [5.74, 6) is -0.0478. The van der Waals surface area contributed by atoms with Gasteiger partial charge in [0, 0.05) is 0 Å². The molecule has 2 aromatic rings. The summed E-state index contributed by atoms with van der Waals surface area (Å²) in [4.78, 5) is 24.3. The molecule has 4 heteroatoms. The van der Waals surface area contributed by atoms with Crippen LogP contribution in [-0.2, 0) is 22.3 Å². The van der Waals surface area contributed by atoms with Gasteiger partial charge in [0.2, 0.25) is 0 Å². The number of aryl methyl sites for hydroxylation is 2. The molecule has 0 aromatic heterocycles. The minimum atomic E-state index is -0.277. The predicted octanol–water partition coefficient (Wildman–Crippen LogP) is 5.88. The van der Waals surface area contributed by atoms with E-state index in [9.17, 15) is 9.59 Å². The summed E-state index contributed by atoms with van der Waals surface area (Å²) in [6, 6.07) is 15.1. The third kappa shape index (κ3) is 7.66. The zero-order chi connectivity index (χ0) is 21.9. The third-order valence-electron chi connectivity index (χ3n) is 5.35. The molecule has 0 saturated carbocycles. The molecule has 162 valence electrons. The lowest BCUT2D eigenvalue weighted by molar-refractivity contribution is 0.0399. The van der Waals surface area contributed by atoms with E-state index in [1.54, 1.807) is 0 Å². The quantitative estimate of drug-likeness (QED) is 0.434. The normalized spacial score (nSPS) is 12.8. The van der Waals surface area contributed by atoms with Crippen LogP contribution in [0.5, 0.6) is 0 Å². The van der Waals surface area contributed by atoms with Crippen molar-refractivity contribution >= 4 is 11.9 Å².